The van der Waals surface area contributed by atoms with Gasteiger partial charge in [0.05, 0.1) is 11.3 Å². The summed E-state index contributed by atoms with van der Waals surface area (Å²) in [5.41, 5.74) is 5.49. The van der Waals surface area contributed by atoms with Gasteiger partial charge >= 0.3 is 0 Å². The second-order valence-electron chi connectivity index (χ2n) is 4.47. The molecule has 0 radical (unpaired) electrons. The molecule has 2 aromatic rings. The number of nitrogens with one attached hydrogen (secondary N) is 2. The second kappa shape index (κ2) is 6.02. The van der Waals surface area contributed by atoms with Gasteiger partial charge < -0.3 is 10.7 Å². The van der Waals surface area contributed by atoms with E-state index in [9.17, 15) is 4.79 Å². The number of benzene rings is 1. The summed E-state index contributed by atoms with van der Waals surface area (Å²) in [6.45, 7) is 3.81. The van der Waals surface area contributed by atoms with Crippen molar-refractivity contribution in [1.82, 2.24) is 4.98 Å². The Kier molecular flexibility index (Phi) is 4.36. The molecule has 0 spiro atoms. The van der Waals surface area contributed by atoms with Crippen LogP contribution in [-0.2, 0) is 0 Å². The van der Waals surface area contributed by atoms with Crippen LogP contribution in [0, 0.1) is 13.8 Å². The number of carbonyl (C=O) groups excluding carboxylic acids is 1. The number of halogens is 1. The van der Waals surface area contributed by atoms with Crippen molar-refractivity contribution in [2.45, 2.75) is 13.8 Å². The van der Waals surface area contributed by atoms with Crippen molar-refractivity contribution in [2.75, 3.05) is 10.7 Å². The van der Waals surface area contributed by atoms with Crippen LogP contribution in [0.1, 0.15) is 21.5 Å². The van der Waals surface area contributed by atoms with E-state index in [4.69, 9.17) is 5.84 Å². The Hall–Kier alpha value is -1.92. The van der Waals surface area contributed by atoms with Crippen molar-refractivity contribution < 1.29 is 4.79 Å². The number of aryl methyl sites for hydroxylation is 2. The molecule has 0 saturated carbocycles. The van der Waals surface area contributed by atoms with Gasteiger partial charge in [-0.15, -0.1) is 0 Å². The molecule has 6 heteroatoms. The van der Waals surface area contributed by atoms with E-state index in [1.807, 2.05) is 32.0 Å². The molecule has 5 nitrogen and oxygen atoms in total. The van der Waals surface area contributed by atoms with E-state index in [1.54, 1.807) is 12.3 Å². The largest absolute Gasteiger partial charge is 0.323 e. The number of anilines is 2. The van der Waals surface area contributed by atoms with Crippen molar-refractivity contribution in [3.63, 3.8) is 0 Å². The number of hydrogen-bond acceptors (Lipinski definition) is 4. The lowest BCUT2D eigenvalue weighted by Crippen LogP contribution is -2.18. The summed E-state index contributed by atoms with van der Waals surface area (Å²) in [4.78, 5) is 16.5. The summed E-state index contributed by atoms with van der Waals surface area (Å²) in [6, 6.07) is 7.29. The van der Waals surface area contributed by atoms with Crippen LogP contribution in [0.15, 0.2) is 34.9 Å². The molecule has 1 aromatic carbocycles. The van der Waals surface area contributed by atoms with Gasteiger partial charge in [-0.05, 0) is 59.1 Å². The molecular weight excluding hydrogens is 320 g/mol. The lowest BCUT2D eigenvalue weighted by Gasteiger charge is -2.11. The average molecular weight is 335 g/mol. The summed E-state index contributed by atoms with van der Waals surface area (Å²) in [5, 5.41) is 2.78. The van der Waals surface area contributed by atoms with Crippen LogP contribution in [0.5, 0.6) is 0 Å². The quantitative estimate of drug-likeness (QED) is 0.595. The summed E-state index contributed by atoms with van der Waals surface area (Å²) in [6.07, 6.45) is 1.64. The highest BCUT2D eigenvalue weighted by Gasteiger charge is 2.13. The molecule has 1 aromatic heterocycles. The first-order valence-electron chi connectivity index (χ1n) is 6.02. The molecule has 4 N–H and O–H groups in total. The van der Waals surface area contributed by atoms with Gasteiger partial charge in [-0.2, -0.15) is 0 Å². The first kappa shape index (κ1) is 14.5. The molecule has 0 bridgehead atoms. The molecule has 0 fully saturated rings. The predicted octanol–water partition coefficient (Wildman–Crippen LogP) is 3.00. The molecule has 2 rings (SSSR count). The van der Waals surface area contributed by atoms with Crippen molar-refractivity contribution in [3.8, 4) is 0 Å². The van der Waals surface area contributed by atoms with E-state index in [2.05, 4.69) is 31.7 Å². The van der Waals surface area contributed by atoms with Crippen LogP contribution in [0.3, 0.4) is 0 Å². The Morgan fingerprint density at radius 2 is 2.05 bits per heavy atom. The minimum absolute atomic E-state index is 0.254. The van der Waals surface area contributed by atoms with Crippen LogP contribution >= 0.6 is 15.9 Å². The highest BCUT2D eigenvalue weighted by Crippen LogP contribution is 2.20. The Labute approximate surface area is 125 Å². The Morgan fingerprint density at radius 3 is 2.70 bits per heavy atom. The minimum Gasteiger partial charge on any atom is -0.323 e. The van der Waals surface area contributed by atoms with Crippen LogP contribution in [0.25, 0.3) is 0 Å². The molecule has 0 aliphatic carbocycles. The maximum absolute atomic E-state index is 12.3. The molecule has 1 heterocycles. The number of amides is 1. The molecule has 104 valence electrons. The molecule has 0 saturated heterocycles. The van der Waals surface area contributed by atoms with Crippen LogP contribution in [0.4, 0.5) is 11.5 Å². The Morgan fingerprint density at radius 1 is 1.30 bits per heavy atom. The molecule has 0 unspecified atom stereocenters. The van der Waals surface area contributed by atoms with E-state index in [1.165, 1.54) is 0 Å². The van der Waals surface area contributed by atoms with Gasteiger partial charge in [-0.1, -0.05) is 6.07 Å². The van der Waals surface area contributed by atoms with E-state index >= 15 is 0 Å². The number of pyridine rings is 1. The molecule has 0 atom stereocenters. The first-order valence-corrected chi connectivity index (χ1v) is 6.81. The summed E-state index contributed by atoms with van der Waals surface area (Å²) < 4.78 is 0.868. The predicted molar refractivity (Wildman–Crippen MR) is 83.6 cm³/mol. The number of hydrazine groups is 1. The molecule has 0 aliphatic rings. The number of carbonyl (C=O) groups is 1. The van der Waals surface area contributed by atoms with Gasteiger partial charge in [0, 0.05) is 10.7 Å². The SMILES string of the molecule is Cc1ccc(C(=O)Nc2ncc(Br)cc2C)c(NN)c1. The summed E-state index contributed by atoms with van der Waals surface area (Å²) >= 11 is 3.34. The third-order valence-corrected chi connectivity index (χ3v) is 3.29. The first-order chi connectivity index (χ1) is 9.51. The summed E-state index contributed by atoms with van der Waals surface area (Å²) in [7, 11) is 0. The lowest BCUT2D eigenvalue weighted by molar-refractivity contribution is 0.102. The topological polar surface area (TPSA) is 80.0 Å². The number of hydrogen-bond donors (Lipinski definition) is 3. The zero-order chi connectivity index (χ0) is 14.7. The van der Waals surface area contributed by atoms with Crippen LogP contribution < -0.4 is 16.6 Å². The fourth-order valence-corrected chi connectivity index (χ4v) is 2.27. The smallest absolute Gasteiger partial charge is 0.258 e. The maximum atomic E-state index is 12.3. The maximum Gasteiger partial charge on any atom is 0.258 e. The van der Waals surface area contributed by atoms with Crippen molar-refractivity contribution in [1.29, 1.82) is 0 Å². The van der Waals surface area contributed by atoms with Gasteiger partial charge in [-0.25, -0.2) is 4.98 Å². The van der Waals surface area contributed by atoms with Gasteiger partial charge in [0.2, 0.25) is 0 Å². The van der Waals surface area contributed by atoms with Crippen molar-refractivity contribution in [2.24, 2.45) is 5.84 Å². The van der Waals surface area contributed by atoms with Gasteiger partial charge in [0.25, 0.3) is 5.91 Å². The highest BCUT2D eigenvalue weighted by atomic mass is 79.9. The molecule has 20 heavy (non-hydrogen) atoms. The fourth-order valence-electron chi connectivity index (χ4n) is 1.82. The second-order valence-corrected chi connectivity index (χ2v) is 5.38. The Bertz CT molecular complexity index is 658. The van der Waals surface area contributed by atoms with Gasteiger partial charge in [-0.3, -0.25) is 10.6 Å². The fraction of sp³-hybridized carbons (Fsp3) is 0.143. The van der Waals surface area contributed by atoms with E-state index in [0.29, 0.717) is 17.1 Å². The lowest BCUT2D eigenvalue weighted by atomic mass is 10.1. The van der Waals surface area contributed by atoms with Gasteiger partial charge in [0.1, 0.15) is 5.82 Å². The van der Waals surface area contributed by atoms with Gasteiger partial charge in [0.15, 0.2) is 0 Å². The zero-order valence-electron chi connectivity index (χ0n) is 11.2. The number of nitrogens with two attached hydrogens (primary N) is 1. The molecular formula is C14H15BrN4O. The van der Waals surface area contributed by atoms with Crippen molar-refractivity contribution in [3.05, 3.63) is 51.6 Å². The summed E-state index contributed by atoms with van der Waals surface area (Å²) in [5.74, 6) is 5.72. The normalized spacial score (nSPS) is 10.2. The number of aromatic nitrogens is 1. The van der Waals surface area contributed by atoms with Crippen molar-refractivity contribution >= 4 is 33.3 Å². The Balaban J connectivity index is 2.28. The molecule has 0 aliphatic heterocycles. The number of rotatable bonds is 3. The third-order valence-electron chi connectivity index (χ3n) is 2.85. The molecule has 1 amide bonds. The monoisotopic (exact) mass is 334 g/mol. The van der Waals surface area contributed by atoms with Crippen LogP contribution in [0.2, 0.25) is 0 Å². The van der Waals surface area contributed by atoms with E-state index in [-0.39, 0.29) is 5.91 Å². The zero-order valence-corrected chi connectivity index (χ0v) is 12.8. The van der Waals surface area contributed by atoms with Crippen LogP contribution in [-0.4, -0.2) is 10.9 Å². The van der Waals surface area contributed by atoms with E-state index < -0.39 is 0 Å². The highest BCUT2D eigenvalue weighted by molar-refractivity contribution is 9.10. The minimum atomic E-state index is -0.254. The average Bonchev–Trinajstić information content (AvgIpc) is 2.41. The number of nitrogens with zero attached hydrogens (tertiary/aromatic N) is 1. The third kappa shape index (κ3) is 3.15. The van der Waals surface area contributed by atoms with E-state index in [0.717, 1.165) is 15.6 Å². The standard InChI is InChI=1S/C14H15BrN4O/c1-8-3-4-11(12(5-8)19-16)14(20)18-13-9(2)6-10(15)7-17-13/h3-7,19H,16H2,1-2H3,(H,17,18,20). The number of nitrogen functional groups attached to an aromatic ring is 1.